The van der Waals surface area contributed by atoms with Gasteiger partial charge in [0.1, 0.15) is 0 Å². The zero-order valence-electron chi connectivity index (χ0n) is 11.5. The Balaban J connectivity index is 2.29. The first-order valence-corrected chi connectivity index (χ1v) is 8.07. The van der Waals surface area contributed by atoms with Gasteiger partial charge in [0.2, 0.25) is 0 Å². The molecule has 0 saturated heterocycles. The SMILES string of the molecule is CCc1nn(C)c(CC(NN)c2cccc(Br)c2)c1Br. The van der Waals surface area contributed by atoms with Crippen molar-refractivity contribution >= 4 is 31.9 Å². The molecule has 2 rings (SSSR count). The Morgan fingerprint density at radius 2 is 2.15 bits per heavy atom. The fraction of sp³-hybridized carbons (Fsp3) is 0.357. The first kappa shape index (κ1) is 15.7. The largest absolute Gasteiger partial charge is 0.271 e. The number of rotatable bonds is 5. The molecule has 1 aromatic heterocycles. The molecule has 1 atom stereocenters. The molecule has 4 nitrogen and oxygen atoms in total. The van der Waals surface area contributed by atoms with Gasteiger partial charge in [-0.25, -0.2) is 0 Å². The maximum atomic E-state index is 5.73. The molecule has 6 heteroatoms. The molecule has 2 aromatic rings. The normalized spacial score (nSPS) is 12.7. The summed E-state index contributed by atoms with van der Waals surface area (Å²) in [5.41, 5.74) is 6.26. The van der Waals surface area contributed by atoms with Crippen LogP contribution in [0.25, 0.3) is 0 Å². The second kappa shape index (κ2) is 6.85. The molecule has 0 amide bonds. The van der Waals surface area contributed by atoms with E-state index in [1.807, 2.05) is 23.9 Å². The first-order valence-electron chi connectivity index (χ1n) is 6.48. The minimum Gasteiger partial charge on any atom is -0.271 e. The van der Waals surface area contributed by atoms with E-state index in [0.717, 1.165) is 38.7 Å². The Bertz CT molecular complexity index is 595. The molecule has 0 spiro atoms. The summed E-state index contributed by atoms with van der Waals surface area (Å²) >= 11 is 7.14. The Morgan fingerprint density at radius 1 is 1.40 bits per heavy atom. The van der Waals surface area contributed by atoms with E-state index in [1.165, 1.54) is 0 Å². The third-order valence-corrected chi connectivity index (χ3v) is 4.76. The number of aryl methyl sites for hydroxylation is 2. The lowest BCUT2D eigenvalue weighted by Crippen LogP contribution is -2.30. The van der Waals surface area contributed by atoms with Crippen LogP contribution < -0.4 is 11.3 Å². The Labute approximate surface area is 136 Å². The number of aromatic nitrogens is 2. The number of nitrogens with one attached hydrogen (secondary N) is 1. The molecule has 108 valence electrons. The van der Waals surface area contributed by atoms with E-state index in [0.29, 0.717) is 0 Å². The van der Waals surface area contributed by atoms with E-state index in [1.54, 1.807) is 0 Å². The number of halogens is 2. The summed E-state index contributed by atoms with van der Waals surface area (Å²) in [7, 11) is 1.97. The molecule has 3 N–H and O–H groups in total. The van der Waals surface area contributed by atoms with Gasteiger partial charge in [0.15, 0.2) is 0 Å². The fourth-order valence-corrected chi connectivity index (χ4v) is 3.43. The molecule has 0 aliphatic heterocycles. The molecule has 1 aromatic carbocycles. The third-order valence-electron chi connectivity index (χ3n) is 3.35. The molecule has 0 aliphatic carbocycles. The molecular weight excluding hydrogens is 384 g/mol. The first-order chi connectivity index (χ1) is 9.56. The molecule has 0 bridgehead atoms. The maximum Gasteiger partial charge on any atom is 0.0766 e. The predicted molar refractivity (Wildman–Crippen MR) is 88.2 cm³/mol. The highest BCUT2D eigenvalue weighted by atomic mass is 79.9. The van der Waals surface area contributed by atoms with Crippen LogP contribution in [0.1, 0.15) is 29.9 Å². The second-order valence-corrected chi connectivity index (χ2v) is 6.37. The van der Waals surface area contributed by atoms with E-state index in [9.17, 15) is 0 Å². The van der Waals surface area contributed by atoms with Crippen molar-refractivity contribution < 1.29 is 0 Å². The number of nitrogens with two attached hydrogens (primary N) is 1. The van der Waals surface area contributed by atoms with Crippen molar-refractivity contribution in [3.05, 3.63) is 50.2 Å². The van der Waals surface area contributed by atoms with Crippen molar-refractivity contribution in [2.24, 2.45) is 12.9 Å². The van der Waals surface area contributed by atoms with Crippen LogP contribution in [-0.4, -0.2) is 9.78 Å². The standard InChI is InChI=1S/C14H18Br2N4/c1-3-11-14(16)13(20(2)19-11)8-12(18-17)9-5-4-6-10(15)7-9/h4-7,12,18H,3,8,17H2,1-2H3. The van der Waals surface area contributed by atoms with E-state index < -0.39 is 0 Å². The van der Waals surface area contributed by atoms with Gasteiger partial charge >= 0.3 is 0 Å². The average Bonchev–Trinajstić information content (AvgIpc) is 2.71. The van der Waals surface area contributed by atoms with Crippen molar-refractivity contribution in [3.63, 3.8) is 0 Å². The smallest absolute Gasteiger partial charge is 0.0766 e. The molecule has 0 saturated carbocycles. The molecule has 0 aliphatic rings. The summed E-state index contributed by atoms with van der Waals surface area (Å²) in [5, 5.41) is 4.52. The lowest BCUT2D eigenvalue weighted by Gasteiger charge is -2.17. The van der Waals surface area contributed by atoms with Crippen LogP contribution in [0.4, 0.5) is 0 Å². The summed E-state index contributed by atoms with van der Waals surface area (Å²) in [6.07, 6.45) is 1.68. The van der Waals surface area contributed by atoms with E-state index in [2.05, 4.69) is 61.4 Å². The number of hydrazine groups is 1. The van der Waals surface area contributed by atoms with Crippen LogP contribution in [0.3, 0.4) is 0 Å². The number of benzene rings is 1. The maximum absolute atomic E-state index is 5.73. The van der Waals surface area contributed by atoms with E-state index in [-0.39, 0.29) is 6.04 Å². The van der Waals surface area contributed by atoms with Crippen LogP contribution in [-0.2, 0) is 19.9 Å². The summed E-state index contributed by atoms with van der Waals surface area (Å²) in [4.78, 5) is 0. The molecule has 0 radical (unpaired) electrons. The molecular formula is C14H18Br2N4. The lowest BCUT2D eigenvalue weighted by atomic mass is 10.0. The minimum atomic E-state index is 0.0453. The highest BCUT2D eigenvalue weighted by Crippen LogP contribution is 2.27. The predicted octanol–water partition coefficient (Wildman–Crippen LogP) is 3.25. The zero-order valence-corrected chi connectivity index (χ0v) is 14.7. The molecule has 20 heavy (non-hydrogen) atoms. The fourth-order valence-electron chi connectivity index (χ4n) is 2.23. The molecule has 1 unspecified atom stereocenters. The Hall–Kier alpha value is -0.690. The van der Waals surface area contributed by atoms with Gasteiger partial charge in [-0.2, -0.15) is 5.10 Å². The van der Waals surface area contributed by atoms with Crippen LogP contribution >= 0.6 is 31.9 Å². The topological polar surface area (TPSA) is 55.9 Å². The van der Waals surface area contributed by atoms with Gasteiger partial charge in [0.05, 0.1) is 21.9 Å². The van der Waals surface area contributed by atoms with Crippen molar-refractivity contribution in [2.75, 3.05) is 0 Å². The minimum absolute atomic E-state index is 0.0453. The summed E-state index contributed by atoms with van der Waals surface area (Å²) in [6, 6.07) is 8.21. The van der Waals surface area contributed by atoms with Gasteiger partial charge in [0.25, 0.3) is 0 Å². The van der Waals surface area contributed by atoms with Crippen LogP contribution in [0.15, 0.2) is 33.2 Å². The monoisotopic (exact) mass is 400 g/mol. The van der Waals surface area contributed by atoms with Gasteiger partial charge < -0.3 is 0 Å². The second-order valence-electron chi connectivity index (χ2n) is 4.66. The number of hydrogen-bond donors (Lipinski definition) is 2. The quantitative estimate of drug-likeness (QED) is 0.597. The molecule has 0 fully saturated rings. The molecule has 1 heterocycles. The van der Waals surface area contributed by atoms with Crippen molar-refractivity contribution in [1.29, 1.82) is 0 Å². The summed E-state index contributed by atoms with van der Waals surface area (Å²) in [5.74, 6) is 5.73. The van der Waals surface area contributed by atoms with Gasteiger partial charge in [0, 0.05) is 17.9 Å². The Morgan fingerprint density at radius 3 is 2.70 bits per heavy atom. The van der Waals surface area contributed by atoms with Gasteiger partial charge in [-0.05, 0) is 40.0 Å². The van der Waals surface area contributed by atoms with Gasteiger partial charge in [-0.15, -0.1) is 0 Å². The Kier molecular flexibility index (Phi) is 5.37. The summed E-state index contributed by atoms with van der Waals surface area (Å²) < 4.78 is 4.05. The van der Waals surface area contributed by atoms with E-state index >= 15 is 0 Å². The highest BCUT2D eigenvalue weighted by Gasteiger charge is 2.18. The highest BCUT2D eigenvalue weighted by molar-refractivity contribution is 9.10. The van der Waals surface area contributed by atoms with Crippen LogP contribution in [0.2, 0.25) is 0 Å². The van der Waals surface area contributed by atoms with E-state index in [4.69, 9.17) is 5.84 Å². The van der Waals surface area contributed by atoms with Crippen molar-refractivity contribution in [2.45, 2.75) is 25.8 Å². The third kappa shape index (κ3) is 3.31. The van der Waals surface area contributed by atoms with Crippen molar-refractivity contribution in [1.82, 2.24) is 15.2 Å². The van der Waals surface area contributed by atoms with Gasteiger partial charge in [-0.1, -0.05) is 35.0 Å². The zero-order chi connectivity index (χ0) is 14.7. The average molecular weight is 402 g/mol. The van der Waals surface area contributed by atoms with Crippen LogP contribution in [0, 0.1) is 0 Å². The lowest BCUT2D eigenvalue weighted by molar-refractivity contribution is 0.529. The van der Waals surface area contributed by atoms with Crippen LogP contribution in [0.5, 0.6) is 0 Å². The summed E-state index contributed by atoms with van der Waals surface area (Å²) in [6.45, 7) is 2.10. The number of hydrogen-bond acceptors (Lipinski definition) is 3. The number of nitrogens with zero attached hydrogens (tertiary/aromatic N) is 2. The van der Waals surface area contributed by atoms with Gasteiger partial charge in [-0.3, -0.25) is 16.0 Å². The van der Waals surface area contributed by atoms with Crippen molar-refractivity contribution in [3.8, 4) is 0 Å².